The summed E-state index contributed by atoms with van der Waals surface area (Å²) in [6, 6.07) is 0. The Labute approximate surface area is 78.5 Å². The van der Waals surface area contributed by atoms with Crippen molar-refractivity contribution in [2.45, 2.75) is 25.7 Å². The Kier molecular flexibility index (Phi) is 2.54. The number of hydrogen-bond donors (Lipinski definition) is 2. The molecule has 3 nitrogen and oxygen atoms in total. The van der Waals surface area contributed by atoms with Crippen LogP contribution in [0.1, 0.15) is 25.7 Å². The SMILES string of the molecule is O=C(O)C1CCNCCC1C1CC1. The van der Waals surface area contributed by atoms with Crippen LogP contribution in [-0.4, -0.2) is 24.2 Å². The van der Waals surface area contributed by atoms with Gasteiger partial charge < -0.3 is 10.4 Å². The molecule has 2 unspecified atom stereocenters. The van der Waals surface area contributed by atoms with Gasteiger partial charge in [-0.3, -0.25) is 4.79 Å². The van der Waals surface area contributed by atoms with Gasteiger partial charge in [0, 0.05) is 0 Å². The molecular formula is C10H17NO2. The van der Waals surface area contributed by atoms with Gasteiger partial charge in [-0.05, 0) is 50.6 Å². The van der Waals surface area contributed by atoms with Crippen molar-refractivity contribution in [2.24, 2.45) is 17.8 Å². The first-order valence-electron chi connectivity index (χ1n) is 5.22. The molecule has 0 spiro atoms. The minimum Gasteiger partial charge on any atom is -0.481 e. The van der Waals surface area contributed by atoms with E-state index in [1.54, 1.807) is 0 Å². The molecular weight excluding hydrogens is 166 g/mol. The second-order valence-electron chi connectivity index (χ2n) is 4.27. The largest absolute Gasteiger partial charge is 0.481 e. The molecule has 1 aliphatic heterocycles. The van der Waals surface area contributed by atoms with Crippen LogP contribution in [-0.2, 0) is 4.79 Å². The van der Waals surface area contributed by atoms with Gasteiger partial charge in [-0.15, -0.1) is 0 Å². The van der Waals surface area contributed by atoms with E-state index in [1.807, 2.05) is 0 Å². The molecule has 2 aliphatic rings. The first-order chi connectivity index (χ1) is 6.29. The molecule has 3 heteroatoms. The quantitative estimate of drug-likeness (QED) is 0.674. The smallest absolute Gasteiger partial charge is 0.306 e. The van der Waals surface area contributed by atoms with Crippen LogP contribution in [0.15, 0.2) is 0 Å². The average Bonchev–Trinajstić information content (AvgIpc) is 2.91. The van der Waals surface area contributed by atoms with Crippen molar-refractivity contribution in [1.82, 2.24) is 5.32 Å². The lowest BCUT2D eigenvalue weighted by Gasteiger charge is -2.20. The van der Waals surface area contributed by atoms with Gasteiger partial charge in [0.2, 0.25) is 0 Å². The van der Waals surface area contributed by atoms with E-state index in [2.05, 4.69) is 5.32 Å². The zero-order valence-electron chi connectivity index (χ0n) is 7.83. The molecule has 2 fully saturated rings. The third-order valence-corrected chi connectivity index (χ3v) is 3.35. The van der Waals surface area contributed by atoms with Crippen molar-refractivity contribution in [1.29, 1.82) is 0 Å². The average molecular weight is 183 g/mol. The fourth-order valence-electron chi connectivity index (χ4n) is 2.46. The summed E-state index contributed by atoms with van der Waals surface area (Å²) in [5, 5.41) is 12.4. The lowest BCUT2D eigenvalue weighted by molar-refractivity contribution is -0.144. The number of carboxylic acid groups (broad SMARTS) is 1. The van der Waals surface area contributed by atoms with Crippen LogP contribution in [0, 0.1) is 17.8 Å². The van der Waals surface area contributed by atoms with E-state index >= 15 is 0 Å². The number of rotatable bonds is 2. The molecule has 2 rings (SSSR count). The lowest BCUT2D eigenvalue weighted by Crippen LogP contribution is -2.24. The minimum atomic E-state index is -0.583. The first-order valence-corrected chi connectivity index (χ1v) is 5.22. The summed E-state index contributed by atoms with van der Waals surface area (Å²) in [4.78, 5) is 11.0. The summed E-state index contributed by atoms with van der Waals surface area (Å²) in [5.41, 5.74) is 0. The number of hydrogen-bond acceptors (Lipinski definition) is 2. The molecule has 0 bridgehead atoms. The molecule has 0 aromatic heterocycles. The molecule has 1 aliphatic carbocycles. The van der Waals surface area contributed by atoms with Crippen LogP contribution in [0.3, 0.4) is 0 Å². The standard InChI is InChI=1S/C10H17NO2/c12-10(13)9-4-6-11-5-3-8(9)7-1-2-7/h7-9,11H,1-6H2,(H,12,13). The molecule has 2 atom stereocenters. The van der Waals surface area contributed by atoms with E-state index in [0.29, 0.717) is 5.92 Å². The summed E-state index contributed by atoms with van der Waals surface area (Å²) in [6.45, 7) is 1.88. The van der Waals surface area contributed by atoms with Gasteiger partial charge in [-0.1, -0.05) is 0 Å². The van der Waals surface area contributed by atoms with E-state index < -0.39 is 5.97 Å². The Morgan fingerprint density at radius 1 is 1.15 bits per heavy atom. The van der Waals surface area contributed by atoms with Crippen LogP contribution in [0.5, 0.6) is 0 Å². The second-order valence-corrected chi connectivity index (χ2v) is 4.27. The highest BCUT2D eigenvalue weighted by atomic mass is 16.4. The van der Waals surface area contributed by atoms with E-state index in [9.17, 15) is 4.79 Å². The molecule has 13 heavy (non-hydrogen) atoms. The van der Waals surface area contributed by atoms with Crippen molar-refractivity contribution >= 4 is 5.97 Å². The fourth-order valence-corrected chi connectivity index (χ4v) is 2.46. The Hall–Kier alpha value is -0.570. The van der Waals surface area contributed by atoms with Crippen LogP contribution < -0.4 is 5.32 Å². The Bertz CT molecular complexity index is 201. The Balaban J connectivity index is 2.03. The predicted octanol–water partition coefficient (Wildman–Crippen LogP) is 1.10. The van der Waals surface area contributed by atoms with Crippen LogP contribution in [0.4, 0.5) is 0 Å². The minimum absolute atomic E-state index is 0.0810. The third kappa shape index (κ3) is 2.02. The molecule has 2 N–H and O–H groups in total. The maximum atomic E-state index is 11.0. The molecule has 1 saturated heterocycles. The van der Waals surface area contributed by atoms with Crippen molar-refractivity contribution in [2.75, 3.05) is 13.1 Å². The highest BCUT2D eigenvalue weighted by Gasteiger charge is 2.39. The number of carbonyl (C=O) groups is 1. The van der Waals surface area contributed by atoms with E-state index in [-0.39, 0.29) is 5.92 Å². The summed E-state index contributed by atoms with van der Waals surface area (Å²) >= 11 is 0. The maximum Gasteiger partial charge on any atom is 0.306 e. The Morgan fingerprint density at radius 2 is 1.85 bits per heavy atom. The highest BCUT2D eigenvalue weighted by Crippen LogP contribution is 2.43. The first kappa shape index (κ1) is 9.00. The lowest BCUT2D eigenvalue weighted by atomic mass is 9.84. The zero-order chi connectivity index (χ0) is 9.26. The molecule has 0 radical (unpaired) electrons. The molecule has 0 amide bonds. The molecule has 1 saturated carbocycles. The second kappa shape index (κ2) is 3.66. The van der Waals surface area contributed by atoms with Crippen LogP contribution >= 0.6 is 0 Å². The van der Waals surface area contributed by atoms with E-state index in [4.69, 9.17) is 5.11 Å². The zero-order valence-corrected chi connectivity index (χ0v) is 7.83. The topological polar surface area (TPSA) is 49.3 Å². The van der Waals surface area contributed by atoms with Crippen molar-refractivity contribution < 1.29 is 9.90 Å². The van der Waals surface area contributed by atoms with Gasteiger partial charge >= 0.3 is 5.97 Å². The highest BCUT2D eigenvalue weighted by molar-refractivity contribution is 5.70. The summed E-state index contributed by atoms with van der Waals surface area (Å²) in [7, 11) is 0. The number of carboxylic acids is 1. The monoisotopic (exact) mass is 183 g/mol. The van der Waals surface area contributed by atoms with E-state index in [1.165, 1.54) is 12.8 Å². The van der Waals surface area contributed by atoms with Gasteiger partial charge in [-0.25, -0.2) is 0 Å². The number of aliphatic carboxylic acids is 1. The van der Waals surface area contributed by atoms with Crippen molar-refractivity contribution in [3.63, 3.8) is 0 Å². The normalized spacial score (nSPS) is 35.4. The van der Waals surface area contributed by atoms with Gasteiger partial charge in [0.05, 0.1) is 5.92 Å². The molecule has 1 heterocycles. The summed E-state index contributed by atoms with van der Waals surface area (Å²) in [6.07, 6.45) is 4.39. The van der Waals surface area contributed by atoms with Gasteiger partial charge in [0.1, 0.15) is 0 Å². The Morgan fingerprint density at radius 3 is 2.46 bits per heavy atom. The predicted molar refractivity (Wildman–Crippen MR) is 49.4 cm³/mol. The summed E-state index contributed by atoms with van der Waals surface area (Å²) in [5.74, 6) is 0.511. The summed E-state index contributed by atoms with van der Waals surface area (Å²) < 4.78 is 0. The molecule has 0 aromatic carbocycles. The van der Waals surface area contributed by atoms with Crippen LogP contribution in [0.2, 0.25) is 0 Å². The maximum absolute atomic E-state index is 11.0. The van der Waals surface area contributed by atoms with Gasteiger partial charge in [0.25, 0.3) is 0 Å². The fraction of sp³-hybridized carbons (Fsp3) is 0.900. The molecule has 74 valence electrons. The van der Waals surface area contributed by atoms with Gasteiger partial charge in [0.15, 0.2) is 0 Å². The third-order valence-electron chi connectivity index (χ3n) is 3.35. The van der Waals surface area contributed by atoms with Crippen molar-refractivity contribution in [3.8, 4) is 0 Å². The van der Waals surface area contributed by atoms with Crippen molar-refractivity contribution in [3.05, 3.63) is 0 Å². The van der Waals surface area contributed by atoms with Gasteiger partial charge in [-0.2, -0.15) is 0 Å². The van der Waals surface area contributed by atoms with E-state index in [0.717, 1.165) is 31.8 Å². The number of nitrogens with one attached hydrogen (secondary N) is 1. The van der Waals surface area contributed by atoms with Crippen LogP contribution in [0.25, 0.3) is 0 Å². The molecule has 0 aromatic rings.